The van der Waals surface area contributed by atoms with Crippen molar-refractivity contribution in [3.63, 3.8) is 0 Å². The van der Waals surface area contributed by atoms with Gasteiger partial charge in [-0.05, 0) is 124 Å². The highest BCUT2D eigenvalue weighted by Crippen LogP contribution is 2.45. The molecule has 0 saturated carbocycles. The average Bonchev–Trinajstić information content (AvgIpc) is 3.80. The van der Waals surface area contributed by atoms with E-state index < -0.39 is 0 Å². The Morgan fingerprint density at radius 1 is 0.312 bits per heavy atom. The summed E-state index contributed by atoms with van der Waals surface area (Å²) >= 11 is 0. The average molecular weight is 623 g/mol. The van der Waals surface area contributed by atoms with Crippen LogP contribution < -0.4 is 0 Å². The van der Waals surface area contributed by atoms with Gasteiger partial charge in [-0.15, -0.1) is 0 Å². The van der Waals surface area contributed by atoms with Crippen LogP contribution in [0.3, 0.4) is 0 Å². The van der Waals surface area contributed by atoms with E-state index in [0.717, 1.165) is 44.8 Å². The number of rotatable bonds is 0. The van der Waals surface area contributed by atoms with E-state index in [1.165, 1.54) is 88.3 Å². The molecular weight excluding hydrogens is 585 g/mol. The predicted molar refractivity (Wildman–Crippen MR) is 203 cm³/mol. The Bertz CT molecular complexity index is 2380. The Balaban J connectivity index is 1.57. The summed E-state index contributed by atoms with van der Waals surface area (Å²) in [6.07, 6.45) is 0. The lowest BCUT2D eigenvalue weighted by atomic mass is 9.94. The van der Waals surface area contributed by atoms with Gasteiger partial charge in [0.1, 0.15) is 0 Å². The van der Waals surface area contributed by atoms with Gasteiger partial charge in [0.05, 0.1) is 22.8 Å². The van der Waals surface area contributed by atoms with Crippen molar-refractivity contribution in [2.45, 2.75) is 55.4 Å². The van der Waals surface area contributed by atoms with Crippen LogP contribution >= 0.6 is 0 Å². The third-order valence-corrected chi connectivity index (χ3v) is 10.7. The van der Waals surface area contributed by atoms with Crippen molar-refractivity contribution in [3.8, 4) is 45.0 Å². The molecule has 48 heavy (non-hydrogen) atoms. The molecule has 8 bridgehead atoms. The minimum atomic E-state index is 0.987. The third-order valence-electron chi connectivity index (χ3n) is 10.7. The second kappa shape index (κ2) is 10.0. The number of aryl methyl sites for hydroxylation is 8. The largest absolute Gasteiger partial charge is 0.354 e. The Morgan fingerprint density at radius 2 is 0.521 bits per heavy atom. The molecule has 2 N–H and O–H groups in total. The summed E-state index contributed by atoms with van der Waals surface area (Å²) in [5.41, 5.74) is 22.9. The minimum absolute atomic E-state index is 0.987. The molecule has 0 radical (unpaired) electrons. The van der Waals surface area contributed by atoms with Crippen molar-refractivity contribution in [3.05, 3.63) is 117 Å². The van der Waals surface area contributed by atoms with Crippen LogP contribution in [-0.2, 0) is 0 Å². The van der Waals surface area contributed by atoms with Gasteiger partial charge in [-0.2, -0.15) is 0 Å². The van der Waals surface area contributed by atoms with Crippen LogP contribution in [0.25, 0.3) is 88.6 Å². The molecule has 9 rings (SSSR count). The minimum Gasteiger partial charge on any atom is -0.354 e. The first-order valence-corrected chi connectivity index (χ1v) is 16.8. The number of hydrogen-bond acceptors (Lipinski definition) is 2. The smallest absolute Gasteiger partial charge is 0.0740 e. The molecule has 2 aliphatic rings. The standard InChI is InChI=1S/C44H38N4/c1-21-9-10-22(2)38-30-18-32-40-24(4)13-14-26(6)42(40)34(47-32)20-36-44-28(8)16-15-27(7)43(44)35(48-36)19-33-41-25(5)12-11-23(3)39(41)31(46-33)17-29(45-30)37(21)38/h9-20,45,48H,1-8H3. The molecule has 0 amide bonds. The van der Waals surface area contributed by atoms with Gasteiger partial charge in [-0.3, -0.25) is 0 Å². The third kappa shape index (κ3) is 3.95. The number of fused-ring (bicyclic) bond motifs is 20. The zero-order valence-corrected chi connectivity index (χ0v) is 28.8. The molecule has 0 saturated heterocycles. The first-order chi connectivity index (χ1) is 23.1. The van der Waals surface area contributed by atoms with Gasteiger partial charge >= 0.3 is 0 Å². The van der Waals surface area contributed by atoms with Crippen LogP contribution in [0.15, 0.2) is 72.8 Å². The van der Waals surface area contributed by atoms with Gasteiger partial charge in [-0.1, -0.05) is 48.5 Å². The highest BCUT2D eigenvalue weighted by Gasteiger charge is 2.24. The van der Waals surface area contributed by atoms with Crippen LogP contribution in [0.5, 0.6) is 0 Å². The number of aromatic amines is 2. The summed E-state index contributed by atoms with van der Waals surface area (Å²) < 4.78 is 0. The number of benzene rings is 4. The first kappa shape index (κ1) is 28.7. The second-order valence-electron chi connectivity index (χ2n) is 14.0. The molecule has 4 nitrogen and oxygen atoms in total. The monoisotopic (exact) mass is 622 g/mol. The van der Waals surface area contributed by atoms with E-state index in [1.54, 1.807) is 0 Å². The fourth-order valence-corrected chi connectivity index (χ4v) is 8.37. The summed E-state index contributed by atoms with van der Waals surface area (Å²) in [5.74, 6) is 0. The SMILES string of the molecule is Cc1ccc(C)c2c1-c1cc3[nH]c(cc4nc(cc5[nH]c(cc-2n1)c1c(C)ccc(C)c51)-c1c(C)ccc(C)c1-4)c1c(C)ccc(C)c31. The van der Waals surface area contributed by atoms with Crippen LogP contribution in [0, 0.1) is 55.4 Å². The van der Waals surface area contributed by atoms with E-state index >= 15 is 0 Å². The van der Waals surface area contributed by atoms with Crippen molar-refractivity contribution in [1.82, 2.24) is 19.9 Å². The Morgan fingerprint density at radius 3 is 0.750 bits per heavy atom. The van der Waals surface area contributed by atoms with Crippen molar-refractivity contribution in [1.29, 1.82) is 0 Å². The molecule has 0 aliphatic carbocycles. The van der Waals surface area contributed by atoms with Crippen LogP contribution in [0.2, 0.25) is 0 Å². The topological polar surface area (TPSA) is 57.4 Å². The lowest BCUT2D eigenvalue weighted by Gasteiger charge is -2.07. The quantitative estimate of drug-likeness (QED) is 0.177. The van der Waals surface area contributed by atoms with Gasteiger partial charge in [0.2, 0.25) is 0 Å². The summed E-state index contributed by atoms with van der Waals surface area (Å²) in [4.78, 5) is 18.6. The molecule has 0 atom stereocenters. The lowest BCUT2D eigenvalue weighted by molar-refractivity contribution is 1.39. The van der Waals surface area contributed by atoms with Crippen molar-refractivity contribution < 1.29 is 0 Å². The molecule has 4 aromatic carbocycles. The molecule has 3 aromatic heterocycles. The van der Waals surface area contributed by atoms with Gasteiger partial charge in [-0.25, -0.2) is 9.97 Å². The van der Waals surface area contributed by atoms with E-state index in [0.29, 0.717) is 0 Å². The number of hydrogen-bond donors (Lipinski definition) is 2. The van der Waals surface area contributed by atoms with Crippen molar-refractivity contribution in [2.24, 2.45) is 0 Å². The second-order valence-corrected chi connectivity index (χ2v) is 14.0. The van der Waals surface area contributed by atoms with Gasteiger partial charge in [0.25, 0.3) is 0 Å². The Labute approximate surface area is 280 Å². The van der Waals surface area contributed by atoms with E-state index in [1.807, 2.05) is 0 Å². The fraction of sp³-hybridized carbons (Fsp3) is 0.182. The normalized spacial score (nSPS) is 12.2. The predicted octanol–water partition coefficient (Wildman–Crippen LogP) is 11.8. The number of nitrogens with one attached hydrogen (secondary N) is 2. The zero-order valence-electron chi connectivity index (χ0n) is 28.8. The maximum atomic E-state index is 5.42. The first-order valence-electron chi connectivity index (χ1n) is 16.8. The van der Waals surface area contributed by atoms with Gasteiger partial charge in [0, 0.05) is 65.9 Å². The number of nitrogens with zero attached hydrogens (tertiary/aromatic N) is 2. The summed E-state index contributed by atoms with van der Waals surface area (Å²) in [7, 11) is 0. The Hall–Kier alpha value is -5.48. The van der Waals surface area contributed by atoms with Crippen molar-refractivity contribution in [2.75, 3.05) is 0 Å². The molecule has 0 unspecified atom stereocenters. The lowest BCUT2D eigenvalue weighted by Crippen LogP contribution is -1.86. The highest BCUT2D eigenvalue weighted by atomic mass is 14.8. The molecule has 4 heteroatoms. The van der Waals surface area contributed by atoms with Crippen LogP contribution in [0.1, 0.15) is 44.5 Å². The van der Waals surface area contributed by atoms with Crippen LogP contribution in [-0.4, -0.2) is 19.9 Å². The molecule has 7 aromatic rings. The van der Waals surface area contributed by atoms with Gasteiger partial charge < -0.3 is 9.97 Å². The summed E-state index contributed by atoms with van der Waals surface area (Å²) in [6, 6.07) is 26.9. The molecule has 2 aliphatic heterocycles. The highest BCUT2D eigenvalue weighted by molar-refractivity contribution is 6.13. The molecular formula is C44H38N4. The maximum Gasteiger partial charge on any atom is 0.0740 e. The van der Waals surface area contributed by atoms with Gasteiger partial charge in [0.15, 0.2) is 0 Å². The molecule has 5 heterocycles. The number of aromatic nitrogens is 4. The molecule has 234 valence electrons. The molecule has 0 spiro atoms. The summed E-state index contributed by atoms with van der Waals surface area (Å²) in [5, 5.41) is 4.94. The maximum absolute atomic E-state index is 5.42. The number of H-pyrrole nitrogens is 2. The molecule has 0 fully saturated rings. The fourth-order valence-electron chi connectivity index (χ4n) is 8.37. The van der Waals surface area contributed by atoms with Crippen LogP contribution in [0.4, 0.5) is 0 Å². The van der Waals surface area contributed by atoms with E-state index in [4.69, 9.17) is 9.97 Å². The summed E-state index contributed by atoms with van der Waals surface area (Å²) in [6.45, 7) is 17.6. The van der Waals surface area contributed by atoms with E-state index in [2.05, 4.69) is 138 Å². The van der Waals surface area contributed by atoms with E-state index in [-0.39, 0.29) is 0 Å². The zero-order chi connectivity index (χ0) is 33.2. The Kier molecular flexibility index (Phi) is 5.99. The van der Waals surface area contributed by atoms with Crippen molar-refractivity contribution >= 4 is 43.6 Å². The van der Waals surface area contributed by atoms with E-state index in [9.17, 15) is 0 Å².